The largest absolute Gasteiger partial charge is 0.416 e. The standard InChI is InChI=1S/C10H10F3N3O3/c1-5(14)9(17)15-7-3-2-6(10(11,12)13)4-8(7)16(18)19/h2-5H,14H2,1H3,(H,15,17)/t5-/m1/s1. The molecule has 19 heavy (non-hydrogen) atoms. The number of carbonyl (C=O) groups excluding carboxylic acids is 1. The van der Waals surface area contributed by atoms with Gasteiger partial charge in [0, 0.05) is 6.07 Å². The van der Waals surface area contributed by atoms with Crippen LogP contribution in [0.4, 0.5) is 24.5 Å². The summed E-state index contributed by atoms with van der Waals surface area (Å²) in [4.78, 5) is 21.0. The summed E-state index contributed by atoms with van der Waals surface area (Å²) in [5.74, 6) is -0.733. The first-order valence-corrected chi connectivity index (χ1v) is 5.05. The SMILES string of the molecule is C[C@@H](N)C(=O)Nc1ccc(C(F)(F)F)cc1[N+](=O)[O-]. The van der Waals surface area contributed by atoms with Gasteiger partial charge in [0.15, 0.2) is 0 Å². The fourth-order valence-electron chi connectivity index (χ4n) is 1.21. The molecule has 0 radical (unpaired) electrons. The van der Waals surface area contributed by atoms with Crippen LogP contribution >= 0.6 is 0 Å². The van der Waals surface area contributed by atoms with E-state index in [2.05, 4.69) is 5.32 Å². The van der Waals surface area contributed by atoms with Gasteiger partial charge in [0.25, 0.3) is 5.69 Å². The first-order chi connectivity index (χ1) is 8.62. The molecule has 0 unspecified atom stereocenters. The molecule has 1 aromatic rings. The highest BCUT2D eigenvalue weighted by molar-refractivity contribution is 5.96. The number of nitrogens with two attached hydrogens (primary N) is 1. The van der Waals surface area contributed by atoms with Crippen molar-refractivity contribution in [3.63, 3.8) is 0 Å². The Bertz CT molecular complexity index is 514. The van der Waals surface area contributed by atoms with E-state index < -0.39 is 34.3 Å². The number of nitrogens with one attached hydrogen (secondary N) is 1. The van der Waals surface area contributed by atoms with Gasteiger partial charge in [-0.2, -0.15) is 13.2 Å². The summed E-state index contributed by atoms with van der Waals surface area (Å²) >= 11 is 0. The molecule has 0 heterocycles. The van der Waals surface area contributed by atoms with Crippen molar-refractivity contribution in [1.29, 1.82) is 0 Å². The Labute approximate surface area is 105 Å². The lowest BCUT2D eigenvalue weighted by atomic mass is 10.1. The molecule has 1 aromatic carbocycles. The third-order valence-electron chi connectivity index (χ3n) is 2.19. The predicted molar refractivity (Wildman–Crippen MR) is 60.4 cm³/mol. The fraction of sp³-hybridized carbons (Fsp3) is 0.300. The lowest BCUT2D eigenvalue weighted by Gasteiger charge is -2.11. The molecule has 1 rings (SSSR count). The maximum atomic E-state index is 12.4. The smallest absolute Gasteiger partial charge is 0.320 e. The zero-order chi connectivity index (χ0) is 14.8. The quantitative estimate of drug-likeness (QED) is 0.651. The topological polar surface area (TPSA) is 98.3 Å². The van der Waals surface area contributed by atoms with E-state index in [0.717, 1.165) is 6.07 Å². The van der Waals surface area contributed by atoms with E-state index in [9.17, 15) is 28.1 Å². The number of benzene rings is 1. The van der Waals surface area contributed by atoms with E-state index >= 15 is 0 Å². The summed E-state index contributed by atoms with van der Waals surface area (Å²) in [6, 6.07) is 0.879. The summed E-state index contributed by atoms with van der Waals surface area (Å²) < 4.78 is 37.3. The molecule has 0 saturated carbocycles. The summed E-state index contributed by atoms with van der Waals surface area (Å²) in [5, 5.41) is 12.8. The number of hydrogen-bond acceptors (Lipinski definition) is 4. The molecule has 0 aliphatic carbocycles. The molecule has 0 aromatic heterocycles. The molecule has 9 heteroatoms. The molecule has 1 atom stereocenters. The molecule has 6 nitrogen and oxygen atoms in total. The minimum atomic E-state index is -4.70. The summed E-state index contributed by atoms with van der Waals surface area (Å²) in [7, 11) is 0. The number of amides is 1. The second-order valence-electron chi connectivity index (χ2n) is 3.76. The number of hydrogen-bond donors (Lipinski definition) is 2. The highest BCUT2D eigenvalue weighted by atomic mass is 19.4. The van der Waals surface area contributed by atoms with E-state index in [-0.39, 0.29) is 5.69 Å². The van der Waals surface area contributed by atoms with Gasteiger partial charge in [0.1, 0.15) is 5.69 Å². The van der Waals surface area contributed by atoms with Crippen LogP contribution in [0.25, 0.3) is 0 Å². The number of halogens is 3. The van der Waals surface area contributed by atoms with Gasteiger partial charge >= 0.3 is 6.18 Å². The van der Waals surface area contributed by atoms with Gasteiger partial charge in [-0.05, 0) is 19.1 Å². The molecule has 0 bridgehead atoms. The number of anilines is 1. The van der Waals surface area contributed by atoms with Crippen LogP contribution in [-0.2, 0) is 11.0 Å². The van der Waals surface area contributed by atoms with Crippen molar-refractivity contribution in [3.8, 4) is 0 Å². The molecule has 0 saturated heterocycles. The minimum absolute atomic E-state index is 0.333. The van der Waals surface area contributed by atoms with Crippen molar-refractivity contribution < 1.29 is 22.9 Å². The molecule has 3 N–H and O–H groups in total. The maximum absolute atomic E-state index is 12.4. The Hall–Kier alpha value is -2.16. The molecule has 0 aliphatic heterocycles. The van der Waals surface area contributed by atoms with Crippen LogP contribution < -0.4 is 11.1 Å². The van der Waals surface area contributed by atoms with E-state index in [4.69, 9.17) is 5.73 Å². The Balaban J connectivity index is 3.20. The van der Waals surface area contributed by atoms with E-state index in [0.29, 0.717) is 12.1 Å². The average molecular weight is 277 g/mol. The van der Waals surface area contributed by atoms with Crippen LogP contribution in [0, 0.1) is 10.1 Å². The Morgan fingerprint density at radius 2 is 2.05 bits per heavy atom. The lowest BCUT2D eigenvalue weighted by Crippen LogP contribution is -2.32. The Kier molecular flexibility index (Phi) is 4.10. The van der Waals surface area contributed by atoms with Gasteiger partial charge in [0.05, 0.1) is 16.5 Å². The number of carbonyl (C=O) groups is 1. The number of alkyl halides is 3. The van der Waals surface area contributed by atoms with Crippen LogP contribution in [0.15, 0.2) is 18.2 Å². The van der Waals surface area contributed by atoms with Crippen LogP contribution in [0.5, 0.6) is 0 Å². The summed E-state index contributed by atoms with van der Waals surface area (Å²) in [6.07, 6.45) is -4.70. The summed E-state index contributed by atoms with van der Waals surface area (Å²) in [6.45, 7) is 1.34. The highest BCUT2D eigenvalue weighted by Crippen LogP contribution is 2.34. The van der Waals surface area contributed by atoms with Crippen LogP contribution in [-0.4, -0.2) is 16.9 Å². The number of nitro groups is 1. The first kappa shape index (κ1) is 14.9. The van der Waals surface area contributed by atoms with Crippen molar-refractivity contribution in [3.05, 3.63) is 33.9 Å². The molecule has 104 valence electrons. The zero-order valence-electron chi connectivity index (χ0n) is 9.69. The van der Waals surface area contributed by atoms with E-state index in [1.54, 1.807) is 0 Å². The van der Waals surface area contributed by atoms with Gasteiger partial charge < -0.3 is 11.1 Å². The Morgan fingerprint density at radius 3 is 2.47 bits per heavy atom. The van der Waals surface area contributed by atoms with Crippen molar-refractivity contribution in [1.82, 2.24) is 0 Å². The van der Waals surface area contributed by atoms with Crippen LogP contribution in [0.2, 0.25) is 0 Å². The molecular weight excluding hydrogens is 267 g/mol. The molecule has 0 spiro atoms. The fourth-order valence-corrected chi connectivity index (χ4v) is 1.21. The van der Waals surface area contributed by atoms with Crippen molar-refractivity contribution >= 4 is 17.3 Å². The minimum Gasteiger partial charge on any atom is -0.320 e. The summed E-state index contributed by atoms with van der Waals surface area (Å²) in [5.41, 5.74) is 2.90. The monoisotopic (exact) mass is 277 g/mol. The number of rotatable bonds is 3. The third kappa shape index (κ3) is 3.65. The second kappa shape index (κ2) is 5.22. The molecule has 1 amide bonds. The second-order valence-corrected chi connectivity index (χ2v) is 3.76. The van der Waals surface area contributed by atoms with Crippen molar-refractivity contribution in [2.75, 3.05) is 5.32 Å². The number of nitrogens with zero attached hydrogens (tertiary/aromatic N) is 1. The van der Waals surface area contributed by atoms with Crippen molar-refractivity contribution in [2.45, 2.75) is 19.1 Å². The van der Waals surface area contributed by atoms with Gasteiger partial charge in [0.2, 0.25) is 5.91 Å². The molecule has 0 fully saturated rings. The Morgan fingerprint density at radius 1 is 1.47 bits per heavy atom. The predicted octanol–water partition coefficient (Wildman–Crippen LogP) is 1.90. The normalized spacial score (nSPS) is 12.9. The first-order valence-electron chi connectivity index (χ1n) is 5.05. The molecular formula is C10H10F3N3O3. The highest BCUT2D eigenvalue weighted by Gasteiger charge is 2.33. The van der Waals surface area contributed by atoms with Crippen LogP contribution in [0.1, 0.15) is 12.5 Å². The maximum Gasteiger partial charge on any atom is 0.416 e. The molecule has 0 aliphatic rings. The third-order valence-corrected chi connectivity index (χ3v) is 2.19. The van der Waals surface area contributed by atoms with E-state index in [1.807, 2.05) is 0 Å². The number of nitro benzene ring substituents is 1. The van der Waals surface area contributed by atoms with Gasteiger partial charge in [-0.1, -0.05) is 0 Å². The van der Waals surface area contributed by atoms with E-state index in [1.165, 1.54) is 6.92 Å². The zero-order valence-corrected chi connectivity index (χ0v) is 9.69. The van der Waals surface area contributed by atoms with Gasteiger partial charge in [-0.15, -0.1) is 0 Å². The van der Waals surface area contributed by atoms with Gasteiger partial charge in [-0.25, -0.2) is 0 Å². The van der Waals surface area contributed by atoms with Crippen LogP contribution in [0.3, 0.4) is 0 Å². The van der Waals surface area contributed by atoms with Crippen molar-refractivity contribution in [2.24, 2.45) is 5.73 Å². The van der Waals surface area contributed by atoms with Gasteiger partial charge in [-0.3, -0.25) is 14.9 Å². The average Bonchev–Trinajstić information content (AvgIpc) is 2.27. The lowest BCUT2D eigenvalue weighted by molar-refractivity contribution is -0.384.